The molecule has 0 bridgehead atoms. The molecule has 0 spiro atoms. The quantitative estimate of drug-likeness (QED) is 0.861. The molecule has 1 amide bonds. The number of piperidine rings is 1. The van der Waals surface area contributed by atoms with Gasteiger partial charge in [-0.25, -0.2) is 0 Å². The average Bonchev–Trinajstić information content (AvgIpc) is 2.91. The van der Waals surface area contributed by atoms with Crippen molar-refractivity contribution in [3.8, 4) is 0 Å². The van der Waals surface area contributed by atoms with E-state index < -0.39 is 0 Å². The third-order valence-electron chi connectivity index (χ3n) is 5.35. The van der Waals surface area contributed by atoms with Crippen LogP contribution in [0.5, 0.6) is 0 Å². The average molecular weight is 330 g/mol. The monoisotopic (exact) mass is 330 g/mol. The van der Waals surface area contributed by atoms with Crippen LogP contribution in [-0.2, 0) is 11.2 Å². The summed E-state index contributed by atoms with van der Waals surface area (Å²) in [7, 11) is 0. The Bertz CT molecular complexity index is 491. The smallest absolute Gasteiger partial charge is 0.223 e. The van der Waals surface area contributed by atoms with Gasteiger partial charge in [0.2, 0.25) is 5.91 Å². The van der Waals surface area contributed by atoms with E-state index in [4.69, 9.17) is 0 Å². The Morgan fingerprint density at radius 1 is 1.17 bits per heavy atom. The molecule has 1 aromatic heterocycles. The highest BCUT2D eigenvalue weighted by molar-refractivity contribution is 5.79. The summed E-state index contributed by atoms with van der Waals surface area (Å²) < 4.78 is 0. The van der Waals surface area contributed by atoms with Crippen molar-refractivity contribution in [3.63, 3.8) is 0 Å². The van der Waals surface area contributed by atoms with Crippen LogP contribution < -0.4 is 10.6 Å². The summed E-state index contributed by atoms with van der Waals surface area (Å²) in [6, 6.07) is 4.55. The maximum absolute atomic E-state index is 12.5. The minimum absolute atomic E-state index is 0.213. The van der Waals surface area contributed by atoms with Crippen molar-refractivity contribution in [2.75, 3.05) is 32.7 Å². The molecule has 2 saturated heterocycles. The minimum atomic E-state index is 0.213. The van der Waals surface area contributed by atoms with E-state index >= 15 is 0 Å². The highest BCUT2D eigenvalue weighted by Gasteiger charge is 2.25. The lowest BCUT2D eigenvalue weighted by atomic mass is 9.97. The molecule has 24 heavy (non-hydrogen) atoms. The number of carbonyl (C=O) groups is 1. The second kappa shape index (κ2) is 9.14. The number of hydrogen-bond donors (Lipinski definition) is 2. The van der Waals surface area contributed by atoms with Crippen molar-refractivity contribution in [1.82, 2.24) is 20.5 Å². The summed E-state index contributed by atoms with van der Waals surface area (Å²) in [5.74, 6) is 0.499. The predicted octanol–water partition coefficient (Wildman–Crippen LogP) is 1.59. The molecule has 5 nitrogen and oxygen atoms in total. The second-order valence-corrected chi connectivity index (χ2v) is 7.11. The fourth-order valence-corrected chi connectivity index (χ4v) is 3.74. The maximum atomic E-state index is 12.5. The lowest BCUT2D eigenvalue weighted by molar-refractivity contribution is -0.126. The van der Waals surface area contributed by atoms with E-state index in [0.717, 1.165) is 71.2 Å². The molecule has 0 radical (unpaired) electrons. The Balaban J connectivity index is 1.36. The highest BCUT2D eigenvalue weighted by Crippen LogP contribution is 2.16. The number of hydrogen-bond acceptors (Lipinski definition) is 4. The first-order chi connectivity index (χ1) is 11.8. The van der Waals surface area contributed by atoms with Gasteiger partial charge in [-0.3, -0.25) is 9.78 Å². The van der Waals surface area contributed by atoms with Crippen molar-refractivity contribution >= 4 is 5.91 Å². The zero-order valence-corrected chi connectivity index (χ0v) is 14.5. The fraction of sp³-hybridized carbons (Fsp3) is 0.684. The van der Waals surface area contributed by atoms with Crippen LogP contribution in [-0.4, -0.2) is 54.6 Å². The number of nitrogens with one attached hydrogen (secondary N) is 2. The highest BCUT2D eigenvalue weighted by atomic mass is 16.1. The van der Waals surface area contributed by atoms with Crippen LogP contribution in [0.15, 0.2) is 24.5 Å². The fourth-order valence-electron chi connectivity index (χ4n) is 3.74. The van der Waals surface area contributed by atoms with Crippen LogP contribution in [0.1, 0.15) is 37.7 Å². The molecule has 1 atom stereocenters. The summed E-state index contributed by atoms with van der Waals surface area (Å²) in [4.78, 5) is 19.0. The molecule has 5 heteroatoms. The first-order valence-electron chi connectivity index (χ1n) is 9.43. The summed E-state index contributed by atoms with van der Waals surface area (Å²) >= 11 is 0. The Kier molecular flexibility index (Phi) is 6.61. The van der Waals surface area contributed by atoms with Gasteiger partial charge >= 0.3 is 0 Å². The normalized spacial score (nSPS) is 23.6. The van der Waals surface area contributed by atoms with Gasteiger partial charge < -0.3 is 15.5 Å². The largest absolute Gasteiger partial charge is 0.353 e. The van der Waals surface area contributed by atoms with Crippen LogP contribution in [0, 0.1) is 5.92 Å². The Hall–Kier alpha value is -1.46. The SMILES string of the molecule is O=C(NC1CCN(CCc2ccncc2)CC1)C1CCCNCC1. The predicted molar refractivity (Wildman–Crippen MR) is 95.8 cm³/mol. The van der Waals surface area contributed by atoms with Crippen LogP contribution >= 0.6 is 0 Å². The van der Waals surface area contributed by atoms with Crippen LogP contribution in [0.25, 0.3) is 0 Å². The molecule has 0 saturated carbocycles. The topological polar surface area (TPSA) is 57.3 Å². The minimum Gasteiger partial charge on any atom is -0.353 e. The van der Waals surface area contributed by atoms with Gasteiger partial charge in [0.15, 0.2) is 0 Å². The lowest BCUT2D eigenvalue weighted by Gasteiger charge is -2.33. The van der Waals surface area contributed by atoms with Gasteiger partial charge in [0, 0.05) is 44.0 Å². The van der Waals surface area contributed by atoms with E-state index in [0.29, 0.717) is 6.04 Å². The molecule has 1 unspecified atom stereocenters. The first-order valence-corrected chi connectivity index (χ1v) is 9.43. The van der Waals surface area contributed by atoms with Crippen molar-refractivity contribution in [3.05, 3.63) is 30.1 Å². The third-order valence-corrected chi connectivity index (χ3v) is 5.35. The van der Waals surface area contributed by atoms with Gasteiger partial charge in [0.1, 0.15) is 0 Å². The van der Waals surface area contributed by atoms with E-state index in [9.17, 15) is 4.79 Å². The molecule has 2 aliphatic heterocycles. The van der Waals surface area contributed by atoms with E-state index in [-0.39, 0.29) is 11.8 Å². The van der Waals surface area contributed by atoms with Crippen molar-refractivity contribution < 1.29 is 4.79 Å². The molecule has 0 aromatic carbocycles. The zero-order chi connectivity index (χ0) is 16.6. The second-order valence-electron chi connectivity index (χ2n) is 7.11. The third kappa shape index (κ3) is 5.28. The molecule has 2 aliphatic rings. The number of pyridine rings is 1. The molecule has 2 N–H and O–H groups in total. The molecular weight excluding hydrogens is 300 g/mol. The van der Waals surface area contributed by atoms with Gasteiger partial charge in [0.25, 0.3) is 0 Å². The van der Waals surface area contributed by atoms with Gasteiger partial charge in [-0.1, -0.05) is 0 Å². The van der Waals surface area contributed by atoms with Crippen molar-refractivity contribution in [2.45, 2.75) is 44.6 Å². The number of amides is 1. The number of carbonyl (C=O) groups excluding carboxylic acids is 1. The number of nitrogens with zero attached hydrogens (tertiary/aromatic N) is 2. The molecule has 3 rings (SSSR count). The molecule has 2 fully saturated rings. The molecule has 132 valence electrons. The van der Waals surface area contributed by atoms with Gasteiger partial charge in [-0.15, -0.1) is 0 Å². The number of rotatable bonds is 5. The van der Waals surface area contributed by atoms with Crippen LogP contribution in [0.2, 0.25) is 0 Å². The summed E-state index contributed by atoms with van der Waals surface area (Å²) in [5, 5.41) is 6.69. The van der Waals surface area contributed by atoms with E-state index in [1.165, 1.54) is 5.56 Å². The van der Waals surface area contributed by atoms with Crippen LogP contribution in [0.3, 0.4) is 0 Å². The van der Waals surface area contributed by atoms with E-state index in [2.05, 4.69) is 32.7 Å². The van der Waals surface area contributed by atoms with E-state index in [1.807, 2.05) is 12.4 Å². The summed E-state index contributed by atoms with van der Waals surface area (Å²) in [6.07, 6.45) is 10.1. The molecular formula is C19H30N4O. The molecule has 3 heterocycles. The van der Waals surface area contributed by atoms with Gasteiger partial charge in [-0.2, -0.15) is 0 Å². The van der Waals surface area contributed by atoms with Crippen molar-refractivity contribution in [1.29, 1.82) is 0 Å². The number of aromatic nitrogens is 1. The Morgan fingerprint density at radius 3 is 2.75 bits per heavy atom. The van der Waals surface area contributed by atoms with E-state index in [1.54, 1.807) is 0 Å². The van der Waals surface area contributed by atoms with Gasteiger partial charge in [0.05, 0.1) is 0 Å². The van der Waals surface area contributed by atoms with Crippen molar-refractivity contribution in [2.24, 2.45) is 5.92 Å². The molecule has 1 aromatic rings. The van der Waals surface area contributed by atoms with Gasteiger partial charge in [-0.05, 0) is 69.3 Å². The maximum Gasteiger partial charge on any atom is 0.223 e. The molecule has 0 aliphatic carbocycles. The Labute approximate surface area is 145 Å². The standard InChI is InChI=1S/C19H30N4O/c24-19(17-2-1-9-20-12-5-17)22-18-7-14-23(15-8-18)13-6-16-3-10-21-11-4-16/h3-4,10-11,17-18,20H,1-2,5-9,12-15H2,(H,22,24). The Morgan fingerprint density at radius 2 is 1.96 bits per heavy atom. The summed E-state index contributed by atoms with van der Waals surface area (Å²) in [6.45, 7) is 5.30. The first kappa shape index (κ1) is 17.4. The lowest BCUT2D eigenvalue weighted by Crippen LogP contribution is -2.46. The summed E-state index contributed by atoms with van der Waals surface area (Å²) in [5.41, 5.74) is 1.35. The number of likely N-dealkylation sites (tertiary alicyclic amines) is 1. The zero-order valence-electron chi connectivity index (χ0n) is 14.5. The van der Waals surface area contributed by atoms with Crippen LogP contribution in [0.4, 0.5) is 0 Å².